The van der Waals surface area contributed by atoms with Crippen LogP contribution in [0.25, 0.3) is 0 Å². The molecule has 0 saturated carbocycles. The molecule has 1 aliphatic heterocycles. The van der Waals surface area contributed by atoms with Crippen LogP contribution in [0.2, 0.25) is 5.02 Å². The van der Waals surface area contributed by atoms with Crippen molar-refractivity contribution >= 4 is 17.3 Å². The van der Waals surface area contributed by atoms with Crippen LogP contribution in [0, 0.1) is 0 Å². The monoisotopic (exact) mass is 283 g/mol. The first-order valence-corrected chi connectivity index (χ1v) is 7.38. The molecule has 1 aliphatic rings. The van der Waals surface area contributed by atoms with Gasteiger partial charge in [-0.15, -0.1) is 0 Å². The zero-order valence-electron chi connectivity index (χ0n) is 11.6. The van der Waals surface area contributed by atoms with E-state index in [1.807, 2.05) is 18.2 Å². The third-order valence-electron chi connectivity index (χ3n) is 3.25. The van der Waals surface area contributed by atoms with E-state index in [1.54, 1.807) is 0 Å². The van der Waals surface area contributed by atoms with Crippen molar-refractivity contribution in [1.82, 2.24) is 0 Å². The fraction of sp³-hybridized carbons (Fsp3) is 0.600. The summed E-state index contributed by atoms with van der Waals surface area (Å²) in [6, 6.07) is 5.82. The summed E-state index contributed by atoms with van der Waals surface area (Å²) in [6.07, 6.45) is 3.95. The second kappa shape index (κ2) is 7.01. The normalized spacial score (nSPS) is 22.5. The lowest BCUT2D eigenvalue weighted by Crippen LogP contribution is -2.19. The van der Waals surface area contributed by atoms with Crippen molar-refractivity contribution in [2.75, 3.05) is 18.5 Å². The standard InChI is InChI=1S/C15H22ClNO2/c1-3-8-18-15-7-5-12(9-14(15)16)17-10-13-6-4-11(2)19-13/h5,7,9,11,13,17H,3-4,6,8,10H2,1-2H3. The molecule has 0 bridgehead atoms. The Bertz CT molecular complexity index is 411. The van der Waals surface area contributed by atoms with Gasteiger partial charge in [0.05, 0.1) is 23.8 Å². The Hall–Kier alpha value is -0.930. The van der Waals surface area contributed by atoms with Crippen LogP contribution in [-0.2, 0) is 4.74 Å². The molecule has 2 unspecified atom stereocenters. The van der Waals surface area contributed by atoms with Crippen LogP contribution in [0.5, 0.6) is 5.75 Å². The Morgan fingerprint density at radius 1 is 1.42 bits per heavy atom. The second-order valence-corrected chi connectivity index (χ2v) is 5.43. The van der Waals surface area contributed by atoms with Crippen LogP contribution in [0.4, 0.5) is 5.69 Å². The first kappa shape index (κ1) is 14.5. The van der Waals surface area contributed by atoms with E-state index in [1.165, 1.54) is 0 Å². The highest BCUT2D eigenvalue weighted by Crippen LogP contribution is 2.28. The Kier molecular flexibility index (Phi) is 5.34. The number of ether oxygens (including phenoxy) is 2. The molecule has 0 radical (unpaired) electrons. The fourth-order valence-electron chi connectivity index (χ4n) is 2.21. The smallest absolute Gasteiger partial charge is 0.138 e. The van der Waals surface area contributed by atoms with E-state index < -0.39 is 0 Å². The van der Waals surface area contributed by atoms with Crippen molar-refractivity contribution in [3.63, 3.8) is 0 Å². The van der Waals surface area contributed by atoms with Crippen LogP contribution >= 0.6 is 11.6 Å². The zero-order valence-corrected chi connectivity index (χ0v) is 12.4. The molecule has 3 nitrogen and oxygen atoms in total. The van der Waals surface area contributed by atoms with Gasteiger partial charge in [0.25, 0.3) is 0 Å². The Labute approximate surface area is 120 Å². The van der Waals surface area contributed by atoms with Gasteiger partial charge in [0.15, 0.2) is 0 Å². The minimum absolute atomic E-state index is 0.310. The Morgan fingerprint density at radius 2 is 2.26 bits per heavy atom. The van der Waals surface area contributed by atoms with Gasteiger partial charge in [-0.2, -0.15) is 0 Å². The molecule has 1 fully saturated rings. The van der Waals surface area contributed by atoms with Crippen LogP contribution in [0.3, 0.4) is 0 Å². The summed E-state index contributed by atoms with van der Waals surface area (Å²) >= 11 is 6.19. The molecule has 0 aromatic heterocycles. The molecule has 1 saturated heterocycles. The molecule has 1 aromatic carbocycles. The molecular formula is C15H22ClNO2. The summed E-state index contributed by atoms with van der Waals surface area (Å²) in [5, 5.41) is 4.02. The third-order valence-corrected chi connectivity index (χ3v) is 3.54. The summed E-state index contributed by atoms with van der Waals surface area (Å²) in [4.78, 5) is 0. The van der Waals surface area contributed by atoms with Gasteiger partial charge in [0, 0.05) is 12.2 Å². The van der Waals surface area contributed by atoms with Crippen molar-refractivity contribution in [3.8, 4) is 5.75 Å². The number of hydrogen-bond donors (Lipinski definition) is 1. The van der Waals surface area contributed by atoms with E-state index in [2.05, 4.69) is 19.2 Å². The number of rotatable bonds is 6. The van der Waals surface area contributed by atoms with Gasteiger partial charge in [-0.1, -0.05) is 18.5 Å². The van der Waals surface area contributed by atoms with Gasteiger partial charge in [-0.25, -0.2) is 0 Å². The maximum atomic E-state index is 6.19. The maximum Gasteiger partial charge on any atom is 0.138 e. The molecular weight excluding hydrogens is 262 g/mol. The quantitative estimate of drug-likeness (QED) is 0.852. The summed E-state index contributed by atoms with van der Waals surface area (Å²) in [7, 11) is 0. The summed E-state index contributed by atoms with van der Waals surface area (Å²) < 4.78 is 11.3. The molecule has 0 aliphatic carbocycles. The minimum atomic E-state index is 0.310. The number of anilines is 1. The second-order valence-electron chi connectivity index (χ2n) is 5.02. The Morgan fingerprint density at radius 3 is 2.89 bits per heavy atom. The van der Waals surface area contributed by atoms with E-state index in [9.17, 15) is 0 Å². The fourth-order valence-corrected chi connectivity index (χ4v) is 2.44. The summed E-state index contributed by atoms with van der Waals surface area (Å²) in [6.45, 7) is 5.72. The first-order chi connectivity index (χ1) is 9.19. The molecule has 1 N–H and O–H groups in total. The van der Waals surface area contributed by atoms with Crippen LogP contribution in [0.15, 0.2) is 18.2 Å². The molecule has 2 rings (SSSR count). The van der Waals surface area contributed by atoms with Gasteiger partial charge >= 0.3 is 0 Å². The first-order valence-electron chi connectivity index (χ1n) is 7.00. The van der Waals surface area contributed by atoms with E-state index in [0.29, 0.717) is 23.8 Å². The van der Waals surface area contributed by atoms with Crippen molar-refractivity contribution in [3.05, 3.63) is 23.2 Å². The molecule has 4 heteroatoms. The number of halogens is 1. The molecule has 1 heterocycles. The number of hydrogen-bond acceptors (Lipinski definition) is 3. The third kappa shape index (κ3) is 4.29. The lowest BCUT2D eigenvalue weighted by molar-refractivity contribution is 0.0637. The van der Waals surface area contributed by atoms with Crippen LogP contribution in [-0.4, -0.2) is 25.4 Å². The van der Waals surface area contributed by atoms with Crippen LogP contribution in [0.1, 0.15) is 33.1 Å². The van der Waals surface area contributed by atoms with Gasteiger partial charge in [-0.3, -0.25) is 0 Å². The maximum absolute atomic E-state index is 6.19. The number of benzene rings is 1. The van der Waals surface area contributed by atoms with Crippen LogP contribution < -0.4 is 10.1 Å². The molecule has 19 heavy (non-hydrogen) atoms. The van der Waals surface area contributed by atoms with Gasteiger partial charge in [0.2, 0.25) is 0 Å². The van der Waals surface area contributed by atoms with Crippen molar-refractivity contribution in [1.29, 1.82) is 0 Å². The highest BCUT2D eigenvalue weighted by Gasteiger charge is 2.21. The molecule has 2 atom stereocenters. The highest BCUT2D eigenvalue weighted by atomic mass is 35.5. The van der Waals surface area contributed by atoms with Crippen molar-refractivity contribution in [2.24, 2.45) is 0 Å². The zero-order chi connectivity index (χ0) is 13.7. The van der Waals surface area contributed by atoms with E-state index >= 15 is 0 Å². The average Bonchev–Trinajstić information content (AvgIpc) is 2.81. The predicted octanol–water partition coefficient (Wildman–Crippen LogP) is 4.11. The van der Waals surface area contributed by atoms with Crippen molar-refractivity contribution in [2.45, 2.75) is 45.3 Å². The Balaban J connectivity index is 1.85. The SMILES string of the molecule is CCCOc1ccc(NCC2CCC(C)O2)cc1Cl. The lowest BCUT2D eigenvalue weighted by atomic mass is 10.2. The molecule has 0 spiro atoms. The topological polar surface area (TPSA) is 30.5 Å². The van der Waals surface area contributed by atoms with E-state index in [4.69, 9.17) is 21.1 Å². The average molecular weight is 284 g/mol. The van der Waals surface area contributed by atoms with Gasteiger partial charge in [-0.05, 0) is 44.4 Å². The summed E-state index contributed by atoms with van der Waals surface area (Å²) in [5.41, 5.74) is 1.01. The van der Waals surface area contributed by atoms with Gasteiger partial charge in [0.1, 0.15) is 5.75 Å². The van der Waals surface area contributed by atoms with E-state index in [-0.39, 0.29) is 0 Å². The minimum Gasteiger partial charge on any atom is -0.492 e. The predicted molar refractivity (Wildman–Crippen MR) is 79.3 cm³/mol. The molecule has 106 valence electrons. The number of nitrogens with one attached hydrogen (secondary N) is 1. The highest BCUT2D eigenvalue weighted by molar-refractivity contribution is 6.32. The van der Waals surface area contributed by atoms with Gasteiger partial charge < -0.3 is 14.8 Å². The summed E-state index contributed by atoms with van der Waals surface area (Å²) in [5.74, 6) is 0.750. The molecule has 1 aromatic rings. The van der Waals surface area contributed by atoms with Crippen molar-refractivity contribution < 1.29 is 9.47 Å². The lowest BCUT2D eigenvalue weighted by Gasteiger charge is -2.14. The largest absolute Gasteiger partial charge is 0.492 e. The van der Waals surface area contributed by atoms with E-state index in [0.717, 1.165) is 37.2 Å². The molecule has 0 amide bonds.